The van der Waals surface area contributed by atoms with Gasteiger partial charge in [0.1, 0.15) is 17.5 Å². The molecular formula is C13H8BrN5S. The zero-order valence-corrected chi connectivity index (χ0v) is 12.8. The molecule has 0 aliphatic carbocycles. The Morgan fingerprint density at radius 1 is 1.35 bits per heavy atom. The summed E-state index contributed by atoms with van der Waals surface area (Å²) in [6.45, 7) is 1.81. The number of halogens is 1. The van der Waals surface area contributed by atoms with Crippen molar-refractivity contribution in [3.8, 4) is 17.3 Å². The van der Waals surface area contributed by atoms with Gasteiger partial charge in [0, 0.05) is 10.0 Å². The molecule has 3 rings (SSSR count). The molecule has 0 saturated heterocycles. The molecule has 0 bridgehead atoms. The van der Waals surface area contributed by atoms with Crippen molar-refractivity contribution in [1.29, 1.82) is 5.26 Å². The molecule has 1 N–H and O–H groups in total. The number of rotatable bonds is 1. The van der Waals surface area contributed by atoms with Gasteiger partial charge in [0.15, 0.2) is 5.65 Å². The van der Waals surface area contributed by atoms with E-state index in [2.05, 4.69) is 37.2 Å². The topological polar surface area (TPSA) is 69.8 Å². The van der Waals surface area contributed by atoms with Crippen molar-refractivity contribution < 1.29 is 0 Å². The predicted octanol–water partition coefficient (Wildman–Crippen LogP) is 3.40. The monoisotopic (exact) mass is 345 g/mol. The van der Waals surface area contributed by atoms with Gasteiger partial charge >= 0.3 is 0 Å². The fourth-order valence-electron chi connectivity index (χ4n) is 2.03. The van der Waals surface area contributed by atoms with Crippen LogP contribution in [-0.4, -0.2) is 19.6 Å². The smallest absolute Gasteiger partial charge is 0.207 e. The molecule has 0 atom stereocenters. The van der Waals surface area contributed by atoms with Crippen LogP contribution in [0.1, 0.15) is 11.4 Å². The first-order valence-corrected chi connectivity index (χ1v) is 6.95. The third-order valence-corrected chi connectivity index (χ3v) is 3.78. The van der Waals surface area contributed by atoms with Gasteiger partial charge in [-0.2, -0.15) is 10.4 Å². The summed E-state index contributed by atoms with van der Waals surface area (Å²) in [5, 5.41) is 16.4. The van der Waals surface area contributed by atoms with Crippen LogP contribution in [0.15, 0.2) is 28.7 Å². The summed E-state index contributed by atoms with van der Waals surface area (Å²) < 4.78 is 3.00. The Hall–Kier alpha value is -2.04. The lowest BCUT2D eigenvalue weighted by atomic mass is 10.1. The van der Waals surface area contributed by atoms with Crippen molar-refractivity contribution in [2.75, 3.05) is 0 Å². The van der Waals surface area contributed by atoms with Gasteiger partial charge in [-0.1, -0.05) is 28.1 Å². The normalized spacial score (nSPS) is 10.7. The minimum Gasteiger partial charge on any atom is -0.259 e. The third-order valence-electron chi connectivity index (χ3n) is 2.97. The minimum absolute atomic E-state index is 0.378. The molecule has 7 heteroatoms. The van der Waals surface area contributed by atoms with Crippen molar-refractivity contribution in [3.05, 3.63) is 44.9 Å². The van der Waals surface area contributed by atoms with E-state index in [1.54, 1.807) is 11.3 Å². The van der Waals surface area contributed by atoms with Crippen LogP contribution in [0.2, 0.25) is 0 Å². The second-order valence-electron chi connectivity index (χ2n) is 4.19. The molecule has 3 aromatic rings. The number of aromatic nitrogens is 4. The van der Waals surface area contributed by atoms with E-state index in [4.69, 9.17) is 12.2 Å². The van der Waals surface area contributed by atoms with E-state index in [1.807, 2.05) is 24.3 Å². The van der Waals surface area contributed by atoms with Gasteiger partial charge in [-0.05, 0) is 31.3 Å². The molecule has 0 aliphatic rings. The maximum Gasteiger partial charge on any atom is 0.207 e. The van der Waals surface area contributed by atoms with Crippen LogP contribution in [0.3, 0.4) is 0 Å². The van der Waals surface area contributed by atoms with Crippen molar-refractivity contribution >= 4 is 33.8 Å². The number of nitrogens with zero attached hydrogens (tertiary/aromatic N) is 4. The number of hydrogen-bond acceptors (Lipinski definition) is 4. The average molecular weight is 346 g/mol. The summed E-state index contributed by atoms with van der Waals surface area (Å²) >= 11 is 8.67. The highest BCUT2D eigenvalue weighted by Crippen LogP contribution is 2.25. The Morgan fingerprint density at radius 3 is 2.70 bits per heavy atom. The third kappa shape index (κ3) is 1.94. The van der Waals surface area contributed by atoms with Gasteiger partial charge in [0.2, 0.25) is 4.77 Å². The first kappa shape index (κ1) is 13.0. The van der Waals surface area contributed by atoms with Gasteiger partial charge in [-0.3, -0.25) is 9.50 Å². The largest absolute Gasteiger partial charge is 0.259 e. The number of nitrogens with one attached hydrogen (secondary N) is 1. The van der Waals surface area contributed by atoms with Crippen molar-refractivity contribution in [1.82, 2.24) is 19.6 Å². The Morgan fingerprint density at radius 2 is 2.05 bits per heavy atom. The number of fused-ring (bicyclic) bond motifs is 1. The molecule has 0 spiro atoms. The maximum atomic E-state index is 9.44. The first-order chi connectivity index (χ1) is 9.61. The van der Waals surface area contributed by atoms with E-state index in [0.29, 0.717) is 27.5 Å². The van der Waals surface area contributed by atoms with E-state index in [9.17, 15) is 5.26 Å². The highest BCUT2D eigenvalue weighted by Gasteiger charge is 2.15. The molecule has 2 heterocycles. The summed E-state index contributed by atoms with van der Waals surface area (Å²) in [6.07, 6.45) is 0. The van der Waals surface area contributed by atoms with Crippen LogP contribution >= 0.6 is 28.1 Å². The summed E-state index contributed by atoms with van der Waals surface area (Å²) in [5.41, 5.74) is 2.41. The molecule has 5 nitrogen and oxygen atoms in total. The predicted molar refractivity (Wildman–Crippen MR) is 80.8 cm³/mol. The van der Waals surface area contributed by atoms with E-state index >= 15 is 0 Å². The lowest BCUT2D eigenvalue weighted by Crippen LogP contribution is -2.00. The summed E-state index contributed by atoms with van der Waals surface area (Å²) in [7, 11) is 0. The lowest BCUT2D eigenvalue weighted by molar-refractivity contribution is 0.968. The minimum atomic E-state index is 0.378. The molecule has 0 saturated carbocycles. The number of H-pyrrole nitrogens is 1. The molecule has 0 unspecified atom stereocenters. The second kappa shape index (κ2) is 4.81. The standard InChI is InChI=1S/C13H8BrN5S/c1-7-17-18-12-10(6-15)11(16-13(20)19(7)12)8-2-4-9(14)5-3-8/h2-5,18H,1H3. The SMILES string of the molecule is Cc1n[nH]c2c(C#N)c(-c3ccc(Br)cc3)nc(=S)n12. The van der Waals surface area contributed by atoms with Gasteiger partial charge in [-0.25, -0.2) is 4.98 Å². The number of benzene rings is 1. The fourth-order valence-corrected chi connectivity index (χ4v) is 2.61. The van der Waals surface area contributed by atoms with Gasteiger partial charge in [-0.15, -0.1) is 0 Å². The number of aromatic amines is 1. The van der Waals surface area contributed by atoms with Gasteiger partial charge in [0.25, 0.3) is 0 Å². The number of hydrogen-bond donors (Lipinski definition) is 1. The van der Waals surface area contributed by atoms with Gasteiger partial charge < -0.3 is 0 Å². The second-order valence-corrected chi connectivity index (χ2v) is 5.47. The summed E-state index contributed by atoms with van der Waals surface area (Å²) in [5.74, 6) is 0.677. The molecular weight excluding hydrogens is 338 g/mol. The Labute approximate surface area is 128 Å². The van der Waals surface area contributed by atoms with Crippen molar-refractivity contribution in [2.24, 2.45) is 0 Å². The lowest BCUT2D eigenvalue weighted by Gasteiger charge is -2.05. The Bertz CT molecular complexity index is 901. The van der Waals surface area contributed by atoms with Gasteiger partial charge in [0.05, 0.1) is 5.69 Å². The van der Waals surface area contributed by atoms with Crippen LogP contribution in [-0.2, 0) is 0 Å². The maximum absolute atomic E-state index is 9.44. The molecule has 2 aromatic heterocycles. The fraction of sp³-hybridized carbons (Fsp3) is 0.0769. The van der Waals surface area contributed by atoms with E-state index in [0.717, 1.165) is 10.0 Å². The highest BCUT2D eigenvalue weighted by molar-refractivity contribution is 9.10. The number of aryl methyl sites for hydroxylation is 1. The molecule has 0 aliphatic heterocycles. The molecule has 20 heavy (non-hydrogen) atoms. The van der Waals surface area contributed by atoms with E-state index in [1.165, 1.54) is 0 Å². The van der Waals surface area contributed by atoms with Crippen LogP contribution in [0.25, 0.3) is 16.9 Å². The zero-order valence-electron chi connectivity index (χ0n) is 10.4. The van der Waals surface area contributed by atoms with E-state index < -0.39 is 0 Å². The summed E-state index contributed by atoms with van der Waals surface area (Å²) in [4.78, 5) is 4.39. The van der Waals surface area contributed by atoms with Crippen molar-refractivity contribution in [2.45, 2.75) is 6.92 Å². The zero-order chi connectivity index (χ0) is 14.3. The Kier molecular flexibility index (Phi) is 3.12. The molecule has 1 aromatic carbocycles. The van der Waals surface area contributed by atoms with Crippen LogP contribution < -0.4 is 0 Å². The summed E-state index contributed by atoms with van der Waals surface area (Å²) in [6, 6.07) is 9.76. The van der Waals surface area contributed by atoms with E-state index in [-0.39, 0.29) is 0 Å². The molecule has 98 valence electrons. The average Bonchev–Trinajstić information content (AvgIpc) is 2.82. The molecule has 0 fully saturated rings. The molecule has 0 amide bonds. The van der Waals surface area contributed by atoms with Crippen molar-refractivity contribution in [3.63, 3.8) is 0 Å². The van der Waals surface area contributed by atoms with Crippen LogP contribution in [0, 0.1) is 23.0 Å². The van der Waals surface area contributed by atoms with Crippen LogP contribution in [0.4, 0.5) is 0 Å². The molecule has 0 radical (unpaired) electrons. The quantitative estimate of drug-likeness (QED) is 0.686. The first-order valence-electron chi connectivity index (χ1n) is 5.75. The number of nitriles is 1. The Balaban J connectivity index is 2.40. The van der Waals surface area contributed by atoms with Crippen LogP contribution in [0.5, 0.6) is 0 Å². The highest BCUT2D eigenvalue weighted by atomic mass is 79.9.